The van der Waals surface area contributed by atoms with E-state index in [1.807, 2.05) is 73.1 Å². The monoisotopic (exact) mass is 399 g/mol. The second-order valence-corrected chi connectivity index (χ2v) is 7.90. The largest absolute Gasteiger partial charge is 0.341 e. The van der Waals surface area contributed by atoms with Crippen LogP contribution in [0.5, 0.6) is 0 Å². The van der Waals surface area contributed by atoms with Crippen molar-refractivity contribution in [3.8, 4) is 17.2 Å². The molecule has 0 bridgehead atoms. The molecule has 0 amide bonds. The van der Waals surface area contributed by atoms with Gasteiger partial charge in [-0.1, -0.05) is 42.5 Å². The molecule has 4 aromatic rings. The molecule has 2 aromatic heterocycles. The van der Waals surface area contributed by atoms with E-state index in [1.54, 1.807) is 0 Å². The molecular formula is C24H22FN5. The number of rotatable bonds is 3. The Labute approximate surface area is 174 Å². The van der Waals surface area contributed by atoms with Crippen molar-refractivity contribution >= 4 is 22.5 Å². The van der Waals surface area contributed by atoms with Gasteiger partial charge in [0, 0.05) is 6.54 Å². The van der Waals surface area contributed by atoms with Crippen LogP contribution in [-0.4, -0.2) is 41.1 Å². The summed E-state index contributed by atoms with van der Waals surface area (Å²) in [7, 11) is 4.10. The molecule has 1 unspecified atom stereocenters. The zero-order chi connectivity index (χ0) is 20.8. The molecule has 1 aliphatic heterocycles. The minimum Gasteiger partial charge on any atom is -0.341 e. The predicted octanol–water partition coefficient (Wildman–Crippen LogP) is 4.65. The Hall–Kier alpha value is -3.43. The van der Waals surface area contributed by atoms with Gasteiger partial charge in [-0.15, -0.1) is 0 Å². The highest BCUT2D eigenvalue weighted by atomic mass is 19.1. The first kappa shape index (κ1) is 18.6. The number of benzene rings is 2. The van der Waals surface area contributed by atoms with Gasteiger partial charge in [0.25, 0.3) is 0 Å². The third-order valence-corrected chi connectivity index (χ3v) is 5.92. The summed E-state index contributed by atoms with van der Waals surface area (Å²) in [6.45, 7) is 0.815. The number of anilines is 1. The fourth-order valence-electron chi connectivity index (χ4n) is 4.61. The van der Waals surface area contributed by atoms with Crippen molar-refractivity contribution in [3.05, 3.63) is 66.0 Å². The van der Waals surface area contributed by atoms with Crippen LogP contribution >= 0.6 is 0 Å². The number of aromatic nitrogens is 2. The van der Waals surface area contributed by atoms with Gasteiger partial charge >= 0.3 is 0 Å². The zero-order valence-electron chi connectivity index (χ0n) is 17.0. The number of nitrogens with zero attached hydrogens (tertiary/aromatic N) is 5. The summed E-state index contributed by atoms with van der Waals surface area (Å²) in [6, 6.07) is 19.3. The molecule has 2 aromatic carbocycles. The van der Waals surface area contributed by atoms with E-state index < -0.39 is 5.82 Å². The van der Waals surface area contributed by atoms with Crippen LogP contribution in [-0.2, 0) is 0 Å². The first-order chi connectivity index (χ1) is 14.6. The molecular weight excluding hydrogens is 377 g/mol. The van der Waals surface area contributed by atoms with Crippen LogP contribution in [0.1, 0.15) is 18.4 Å². The average Bonchev–Trinajstić information content (AvgIpc) is 3.39. The molecule has 0 N–H and O–H groups in total. The van der Waals surface area contributed by atoms with Crippen molar-refractivity contribution in [3.63, 3.8) is 0 Å². The van der Waals surface area contributed by atoms with Gasteiger partial charge in [-0.3, -0.25) is 9.30 Å². The van der Waals surface area contributed by atoms with Crippen LogP contribution in [0.4, 0.5) is 10.2 Å². The Kier molecular flexibility index (Phi) is 4.41. The maximum absolute atomic E-state index is 15.9. The molecule has 1 fully saturated rings. The number of para-hydroxylation sites is 2. The van der Waals surface area contributed by atoms with Crippen LogP contribution in [0.3, 0.4) is 0 Å². The number of hydrogen-bond acceptors (Lipinski definition) is 4. The van der Waals surface area contributed by atoms with Crippen molar-refractivity contribution in [2.24, 2.45) is 0 Å². The van der Waals surface area contributed by atoms with Crippen molar-refractivity contribution in [1.82, 2.24) is 14.3 Å². The number of hydrogen-bond donors (Lipinski definition) is 0. The van der Waals surface area contributed by atoms with E-state index in [9.17, 15) is 5.26 Å². The second-order valence-electron chi connectivity index (χ2n) is 7.90. The highest BCUT2D eigenvalue weighted by Crippen LogP contribution is 2.41. The van der Waals surface area contributed by atoms with E-state index in [4.69, 9.17) is 0 Å². The summed E-state index contributed by atoms with van der Waals surface area (Å²) in [5.41, 5.74) is 3.19. The van der Waals surface area contributed by atoms with Gasteiger partial charge in [0.05, 0.1) is 22.8 Å². The standard InChI is InChI=1S/C24H22FN5/c1-28(2)20-13-8-14-29(20)24-21(16-9-4-3-5-10-16)22(25)17(15-26)23-27-18-11-6-7-12-19(18)30(23)24/h3-7,9-12,20H,8,13-14H2,1-2H3. The van der Waals surface area contributed by atoms with Crippen LogP contribution in [0.15, 0.2) is 54.6 Å². The molecule has 0 radical (unpaired) electrons. The first-order valence-electron chi connectivity index (χ1n) is 10.1. The molecule has 1 atom stereocenters. The van der Waals surface area contributed by atoms with Gasteiger partial charge in [-0.25, -0.2) is 9.37 Å². The summed E-state index contributed by atoms with van der Waals surface area (Å²) < 4.78 is 17.9. The Morgan fingerprint density at radius 3 is 2.57 bits per heavy atom. The van der Waals surface area contributed by atoms with E-state index in [0.29, 0.717) is 11.2 Å². The van der Waals surface area contributed by atoms with Crippen LogP contribution < -0.4 is 4.90 Å². The quantitative estimate of drug-likeness (QED) is 0.503. The molecule has 5 nitrogen and oxygen atoms in total. The predicted molar refractivity (Wildman–Crippen MR) is 117 cm³/mol. The third-order valence-electron chi connectivity index (χ3n) is 5.92. The summed E-state index contributed by atoms with van der Waals surface area (Å²) in [4.78, 5) is 9.07. The highest BCUT2D eigenvalue weighted by Gasteiger charge is 2.33. The molecule has 30 heavy (non-hydrogen) atoms. The normalized spacial score (nSPS) is 16.6. The lowest BCUT2D eigenvalue weighted by atomic mass is 10.0. The second kappa shape index (κ2) is 7.12. The lowest BCUT2D eigenvalue weighted by molar-refractivity contribution is 0.300. The van der Waals surface area contributed by atoms with Gasteiger partial charge in [-0.05, 0) is 44.6 Å². The molecule has 150 valence electrons. The van der Waals surface area contributed by atoms with E-state index in [-0.39, 0.29) is 11.7 Å². The summed E-state index contributed by atoms with van der Waals surface area (Å²) in [5, 5.41) is 9.84. The first-order valence-corrected chi connectivity index (χ1v) is 10.1. The van der Waals surface area contributed by atoms with Gasteiger partial charge in [0.2, 0.25) is 0 Å². The Morgan fingerprint density at radius 1 is 1.10 bits per heavy atom. The van der Waals surface area contributed by atoms with Crippen LogP contribution in [0.25, 0.3) is 27.8 Å². The van der Waals surface area contributed by atoms with Crippen LogP contribution in [0.2, 0.25) is 0 Å². The fraction of sp³-hybridized carbons (Fsp3) is 0.250. The highest BCUT2D eigenvalue weighted by molar-refractivity contribution is 5.90. The van der Waals surface area contributed by atoms with E-state index >= 15 is 4.39 Å². The number of halogens is 1. The molecule has 0 aliphatic carbocycles. The van der Waals surface area contributed by atoms with Crippen molar-refractivity contribution < 1.29 is 4.39 Å². The average molecular weight is 399 g/mol. The maximum atomic E-state index is 15.9. The van der Waals surface area contributed by atoms with Gasteiger partial charge in [-0.2, -0.15) is 5.26 Å². The fourth-order valence-corrected chi connectivity index (χ4v) is 4.61. The van der Waals surface area contributed by atoms with Gasteiger partial charge in [0.15, 0.2) is 11.5 Å². The van der Waals surface area contributed by atoms with Crippen molar-refractivity contribution in [2.45, 2.75) is 19.0 Å². The molecule has 1 aliphatic rings. The zero-order valence-corrected chi connectivity index (χ0v) is 17.0. The molecule has 5 rings (SSSR count). The molecule has 3 heterocycles. The third kappa shape index (κ3) is 2.66. The lowest BCUT2D eigenvalue weighted by Gasteiger charge is -2.34. The Balaban J connectivity index is 1.98. The smallest absolute Gasteiger partial charge is 0.160 e. The lowest BCUT2D eigenvalue weighted by Crippen LogP contribution is -2.41. The van der Waals surface area contributed by atoms with Crippen molar-refractivity contribution in [1.29, 1.82) is 5.26 Å². The number of imidazole rings is 1. The van der Waals surface area contributed by atoms with Crippen LogP contribution in [0, 0.1) is 17.1 Å². The minimum absolute atomic E-state index is 0.0191. The molecule has 0 saturated carbocycles. The SMILES string of the molecule is CN(C)C1CCCN1c1c(-c2ccccc2)c(F)c(C#N)c2nc3ccccc3n12. The molecule has 1 saturated heterocycles. The van der Waals surface area contributed by atoms with Gasteiger partial charge in [0.1, 0.15) is 17.5 Å². The molecule has 6 heteroatoms. The van der Waals surface area contributed by atoms with Gasteiger partial charge < -0.3 is 4.90 Å². The topological polar surface area (TPSA) is 47.6 Å². The van der Waals surface area contributed by atoms with E-state index in [0.717, 1.165) is 41.8 Å². The Morgan fingerprint density at radius 2 is 1.83 bits per heavy atom. The molecule has 0 spiro atoms. The summed E-state index contributed by atoms with van der Waals surface area (Å²) >= 11 is 0. The van der Waals surface area contributed by atoms with E-state index in [1.165, 1.54) is 0 Å². The summed E-state index contributed by atoms with van der Waals surface area (Å²) in [6.07, 6.45) is 2.16. The van der Waals surface area contributed by atoms with Crippen molar-refractivity contribution in [2.75, 3.05) is 25.5 Å². The maximum Gasteiger partial charge on any atom is 0.160 e. The Bertz CT molecular complexity index is 1290. The minimum atomic E-state index is -0.508. The summed E-state index contributed by atoms with van der Waals surface area (Å²) in [5.74, 6) is 0.253. The van der Waals surface area contributed by atoms with E-state index in [2.05, 4.69) is 20.9 Å². The number of fused-ring (bicyclic) bond motifs is 3. The number of nitriles is 1. The number of pyridine rings is 1.